The smallest absolute Gasteiger partial charge is 0.475 e. The van der Waals surface area contributed by atoms with Gasteiger partial charge in [0.2, 0.25) is 11.8 Å². The van der Waals surface area contributed by atoms with E-state index in [1.54, 1.807) is 12.1 Å². The molecule has 4 rings (SSSR count). The molecule has 0 spiro atoms. The maximum atomic E-state index is 13.1. The maximum absolute atomic E-state index is 13.1. The Kier molecular flexibility index (Phi) is 13.4. The predicted molar refractivity (Wildman–Crippen MR) is 160 cm³/mol. The SMILES string of the molecule is O=C(NCCCC[C@H](NC(=O)C1Cc2ccccc2CN1)C(=O)Nc1ccccc1)OCc1ccccc1.O=C(O)C(F)(F)F. The van der Waals surface area contributed by atoms with Crippen LogP contribution >= 0.6 is 0 Å². The number of carboxylic acid groups (broad SMARTS) is 1. The van der Waals surface area contributed by atoms with Gasteiger partial charge in [0.25, 0.3) is 0 Å². The number of benzene rings is 3. The highest BCUT2D eigenvalue weighted by Gasteiger charge is 2.38. The third kappa shape index (κ3) is 12.3. The minimum absolute atomic E-state index is 0.199. The van der Waals surface area contributed by atoms with Crippen LogP contribution < -0.4 is 21.3 Å². The molecular formula is C32H35F3N4O6. The highest BCUT2D eigenvalue weighted by atomic mass is 19.4. The standard InChI is InChI=1S/C30H34N4O4.C2HF3O2/c35-28(33-25-15-5-2-6-16-25)26(34-29(36)27-19-23-13-7-8-14-24(23)20-32-27)17-9-10-18-31-30(37)38-21-22-11-3-1-4-12-22;3-2(4,5)1(6)7/h1-8,11-16,26-27,32H,9-10,17-21H2,(H,31,37)(H,33,35)(H,34,36);(H,6,7)/t26-,27?;/m0./s1. The second-order valence-electron chi connectivity index (χ2n) is 10.1. The summed E-state index contributed by atoms with van der Waals surface area (Å²) in [6, 6.07) is 25.6. The summed E-state index contributed by atoms with van der Waals surface area (Å²) in [5.74, 6) is -3.22. The molecule has 1 aliphatic rings. The van der Waals surface area contributed by atoms with Crippen LogP contribution in [0.4, 0.5) is 23.7 Å². The first-order chi connectivity index (χ1) is 21.5. The van der Waals surface area contributed by atoms with Crippen LogP contribution in [0.15, 0.2) is 84.9 Å². The fourth-order valence-corrected chi connectivity index (χ4v) is 4.37. The molecule has 10 nitrogen and oxygen atoms in total. The molecule has 1 heterocycles. The van der Waals surface area contributed by atoms with Crippen molar-refractivity contribution in [2.75, 3.05) is 11.9 Å². The van der Waals surface area contributed by atoms with Crippen LogP contribution in [0.1, 0.15) is 36.0 Å². The van der Waals surface area contributed by atoms with Gasteiger partial charge in [0, 0.05) is 18.8 Å². The van der Waals surface area contributed by atoms with Gasteiger partial charge in [0.1, 0.15) is 12.6 Å². The van der Waals surface area contributed by atoms with Crippen LogP contribution in [0.25, 0.3) is 0 Å². The second-order valence-corrected chi connectivity index (χ2v) is 10.1. The van der Waals surface area contributed by atoms with Crippen LogP contribution in [0.5, 0.6) is 0 Å². The molecule has 0 bridgehead atoms. The number of carbonyl (C=O) groups excluding carboxylic acids is 3. The van der Waals surface area contributed by atoms with Gasteiger partial charge in [-0.1, -0.05) is 72.8 Å². The number of alkyl halides is 3. The van der Waals surface area contributed by atoms with Crippen LogP contribution in [0, 0.1) is 0 Å². The van der Waals surface area contributed by atoms with Gasteiger partial charge in [-0.05, 0) is 54.5 Å². The largest absolute Gasteiger partial charge is 0.490 e. The molecule has 0 fully saturated rings. The molecule has 0 saturated heterocycles. The van der Waals surface area contributed by atoms with Crippen molar-refractivity contribution < 1.29 is 42.2 Å². The first-order valence-corrected chi connectivity index (χ1v) is 14.2. The molecule has 13 heteroatoms. The molecule has 0 aromatic heterocycles. The van der Waals surface area contributed by atoms with E-state index in [0.717, 1.165) is 11.1 Å². The van der Waals surface area contributed by atoms with Gasteiger partial charge in [-0.15, -0.1) is 0 Å². The fraction of sp³-hybridized carbons (Fsp3) is 0.312. The number of anilines is 1. The summed E-state index contributed by atoms with van der Waals surface area (Å²) in [4.78, 5) is 47.1. The zero-order valence-electron chi connectivity index (χ0n) is 24.3. The zero-order chi connectivity index (χ0) is 32.7. The Morgan fingerprint density at radius 2 is 1.49 bits per heavy atom. The molecule has 1 aliphatic heterocycles. The van der Waals surface area contributed by atoms with E-state index in [1.807, 2.05) is 66.7 Å². The van der Waals surface area contributed by atoms with Gasteiger partial charge < -0.3 is 31.1 Å². The average Bonchev–Trinajstić information content (AvgIpc) is 3.03. The number of carbonyl (C=O) groups is 4. The first-order valence-electron chi connectivity index (χ1n) is 14.2. The fourth-order valence-electron chi connectivity index (χ4n) is 4.37. The third-order valence-corrected chi connectivity index (χ3v) is 6.72. The maximum Gasteiger partial charge on any atom is 0.490 e. The summed E-state index contributed by atoms with van der Waals surface area (Å²) >= 11 is 0. The monoisotopic (exact) mass is 628 g/mol. The van der Waals surface area contributed by atoms with Gasteiger partial charge in [-0.3, -0.25) is 9.59 Å². The molecule has 3 amide bonds. The van der Waals surface area contributed by atoms with E-state index in [0.29, 0.717) is 44.5 Å². The zero-order valence-corrected chi connectivity index (χ0v) is 24.3. The lowest BCUT2D eigenvalue weighted by atomic mass is 9.95. The van der Waals surface area contributed by atoms with E-state index in [9.17, 15) is 27.6 Å². The molecule has 5 N–H and O–H groups in total. The van der Waals surface area contributed by atoms with E-state index in [4.69, 9.17) is 14.6 Å². The molecule has 45 heavy (non-hydrogen) atoms. The summed E-state index contributed by atoms with van der Waals surface area (Å²) in [6.07, 6.45) is -3.28. The average molecular weight is 629 g/mol. The van der Waals surface area contributed by atoms with Crippen molar-refractivity contribution in [3.8, 4) is 0 Å². The molecule has 3 aromatic carbocycles. The number of aliphatic carboxylic acids is 1. The van der Waals surface area contributed by atoms with Crippen LogP contribution in [0.2, 0.25) is 0 Å². The Morgan fingerprint density at radius 3 is 2.13 bits per heavy atom. The topological polar surface area (TPSA) is 146 Å². The molecule has 0 aliphatic carbocycles. The van der Waals surface area contributed by atoms with Gasteiger partial charge in [-0.2, -0.15) is 13.2 Å². The predicted octanol–water partition coefficient (Wildman–Crippen LogP) is 4.55. The molecular weight excluding hydrogens is 593 g/mol. The number of carboxylic acids is 1. The number of hydrogen-bond donors (Lipinski definition) is 5. The number of unbranched alkanes of at least 4 members (excludes halogenated alkanes) is 1. The van der Waals surface area contributed by atoms with E-state index in [1.165, 1.54) is 5.56 Å². The highest BCUT2D eigenvalue weighted by molar-refractivity contribution is 5.97. The molecule has 1 unspecified atom stereocenters. The Bertz CT molecular complexity index is 1410. The molecule has 3 aromatic rings. The number of halogens is 3. The first kappa shape index (κ1) is 34.6. The summed E-state index contributed by atoms with van der Waals surface area (Å²) in [7, 11) is 0. The quantitative estimate of drug-likeness (QED) is 0.196. The Balaban J connectivity index is 0.000000707. The summed E-state index contributed by atoms with van der Waals surface area (Å²) in [6.45, 7) is 1.23. The lowest BCUT2D eigenvalue weighted by Gasteiger charge is -2.27. The van der Waals surface area contributed by atoms with Crippen molar-refractivity contribution in [3.63, 3.8) is 0 Å². The Morgan fingerprint density at radius 1 is 0.889 bits per heavy atom. The van der Waals surface area contributed by atoms with Crippen LogP contribution in [-0.2, 0) is 38.7 Å². The number of rotatable bonds is 11. The van der Waals surface area contributed by atoms with Gasteiger partial charge in [0.15, 0.2) is 0 Å². The summed E-state index contributed by atoms with van der Waals surface area (Å²) < 4.78 is 37.0. The number of para-hydroxylation sites is 1. The number of hydrogen-bond acceptors (Lipinski definition) is 6. The lowest BCUT2D eigenvalue weighted by Crippen LogP contribution is -2.53. The second kappa shape index (κ2) is 17.4. The van der Waals surface area contributed by atoms with E-state index < -0.39 is 30.3 Å². The summed E-state index contributed by atoms with van der Waals surface area (Å²) in [5.41, 5.74) is 3.91. The minimum Gasteiger partial charge on any atom is -0.475 e. The van der Waals surface area contributed by atoms with Gasteiger partial charge in [-0.25, -0.2) is 9.59 Å². The van der Waals surface area contributed by atoms with Gasteiger partial charge in [0.05, 0.1) is 6.04 Å². The number of fused-ring (bicyclic) bond motifs is 1. The molecule has 0 radical (unpaired) electrons. The number of alkyl carbamates (subject to hydrolysis) is 1. The lowest BCUT2D eigenvalue weighted by molar-refractivity contribution is -0.192. The molecule has 0 saturated carbocycles. The van der Waals surface area contributed by atoms with Crippen molar-refractivity contribution in [3.05, 3.63) is 102 Å². The van der Waals surface area contributed by atoms with Crippen molar-refractivity contribution in [1.82, 2.24) is 16.0 Å². The van der Waals surface area contributed by atoms with Crippen LogP contribution in [0.3, 0.4) is 0 Å². The number of amides is 3. The van der Waals surface area contributed by atoms with E-state index >= 15 is 0 Å². The minimum atomic E-state index is -5.08. The van der Waals surface area contributed by atoms with Crippen molar-refractivity contribution in [2.24, 2.45) is 0 Å². The normalized spacial score (nSPS) is 14.4. The van der Waals surface area contributed by atoms with E-state index in [2.05, 4.69) is 27.3 Å². The number of nitrogens with one attached hydrogen (secondary N) is 4. The van der Waals surface area contributed by atoms with Crippen molar-refractivity contribution >= 4 is 29.6 Å². The summed E-state index contributed by atoms with van der Waals surface area (Å²) in [5, 5.41) is 19.0. The highest BCUT2D eigenvalue weighted by Crippen LogP contribution is 2.17. The van der Waals surface area contributed by atoms with Crippen LogP contribution in [-0.4, -0.2) is 53.8 Å². The van der Waals surface area contributed by atoms with Crippen molar-refractivity contribution in [1.29, 1.82) is 0 Å². The third-order valence-electron chi connectivity index (χ3n) is 6.72. The van der Waals surface area contributed by atoms with E-state index in [-0.39, 0.29) is 18.4 Å². The molecule has 2 atom stereocenters. The van der Waals surface area contributed by atoms with Crippen molar-refractivity contribution in [2.45, 2.75) is 57.1 Å². The number of ether oxygens (including phenoxy) is 1. The Labute approximate surface area is 258 Å². The van der Waals surface area contributed by atoms with Gasteiger partial charge >= 0.3 is 18.2 Å². The Hall–Kier alpha value is -4.91. The molecule has 240 valence electrons.